The van der Waals surface area contributed by atoms with Crippen molar-refractivity contribution in [2.45, 2.75) is 19.0 Å². The number of hydrogen-bond acceptors (Lipinski definition) is 3. The van der Waals surface area contributed by atoms with Crippen LogP contribution in [0.3, 0.4) is 0 Å². The summed E-state index contributed by atoms with van der Waals surface area (Å²) in [4.78, 5) is 9.14. The standard InChI is InChI=1S/C17H24BrFN4O.HI/c1-20-17(21-11-13-10-14(18)2-3-16(13)19)23-5-4-15(12-23)22-6-8-24-9-7-22;/h2-3,10,15H,4-9,11-12H2,1H3,(H,20,21);1H. The third-order valence-electron chi connectivity index (χ3n) is 4.68. The number of nitrogens with zero attached hydrogens (tertiary/aromatic N) is 3. The lowest BCUT2D eigenvalue weighted by Crippen LogP contribution is -2.46. The Hall–Kier alpha value is -0.450. The van der Waals surface area contributed by atoms with E-state index in [2.05, 4.69) is 36.0 Å². The second-order valence-electron chi connectivity index (χ2n) is 6.17. The first-order chi connectivity index (χ1) is 11.7. The molecular formula is C17H25BrFIN4O. The molecule has 0 bridgehead atoms. The van der Waals surface area contributed by atoms with E-state index in [-0.39, 0.29) is 29.8 Å². The van der Waals surface area contributed by atoms with Crippen molar-refractivity contribution in [3.8, 4) is 0 Å². The Morgan fingerprint density at radius 2 is 2.12 bits per heavy atom. The molecule has 1 aromatic carbocycles. The van der Waals surface area contributed by atoms with E-state index in [1.54, 1.807) is 19.2 Å². The van der Waals surface area contributed by atoms with Gasteiger partial charge >= 0.3 is 0 Å². The van der Waals surface area contributed by atoms with Gasteiger partial charge in [0.25, 0.3) is 0 Å². The molecule has 2 heterocycles. The molecule has 0 saturated carbocycles. The average Bonchev–Trinajstić information content (AvgIpc) is 3.09. The van der Waals surface area contributed by atoms with Gasteiger partial charge in [0.1, 0.15) is 5.82 Å². The molecule has 8 heteroatoms. The summed E-state index contributed by atoms with van der Waals surface area (Å²) in [7, 11) is 1.78. The van der Waals surface area contributed by atoms with Crippen LogP contribution in [0.4, 0.5) is 4.39 Å². The highest BCUT2D eigenvalue weighted by molar-refractivity contribution is 14.0. The first kappa shape index (κ1) is 20.9. The Kier molecular flexibility index (Phi) is 8.37. The first-order valence-electron chi connectivity index (χ1n) is 8.38. The van der Waals surface area contributed by atoms with Gasteiger partial charge in [0.05, 0.1) is 13.2 Å². The van der Waals surface area contributed by atoms with Gasteiger partial charge in [-0.1, -0.05) is 15.9 Å². The lowest BCUT2D eigenvalue weighted by Gasteiger charge is -2.32. The molecule has 140 valence electrons. The van der Waals surface area contributed by atoms with Crippen molar-refractivity contribution in [2.24, 2.45) is 4.99 Å². The predicted octanol–water partition coefficient (Wildman–Crippen LogP) is 2.69. The molecule has 2 saturated heterocycles. The summed E-state index contributed by atoms with van der Waals surface area (Å²) in [5, 5.41) is 3.29. The smallest absolute Gasteiger partial charge is 0.193 e. The number of ether oxygens (including phenoxy) is 1. The number of likely N-dealkylation sites (tertiary alicyclic amines) is 1. The Labute approximate surface area is 174 Å². The van der Waals surface area contributed by atoms with Gasteiger partial charge in [-0.3, -0.25) is 9.89 Å². The van der Waals surface area contributed by atoms with Crippen LogP contribution in [0.25, 0.3) is 0 Å². The second kappa shape index (κ2) is 10.0. The molecule has 3 rings (SSSR count). The van der Waals surface area contributed by atoms with Crippen LogP contribution in [0.5, 0.6) is 0 Å². The fourth-order valence-electron chi connectivity index (χ4n) is 3.36. The zero-order valence-electron chi connectivity index (χ0n) is 14.4. The van der Waals surface area contributed by atoms with Crippen molar-refractivity contribution in [3.05, 3.63) is 34.1 Å². The summed E-state index contributed by atoms with van der Waals surface area (Å²) >= 11 is 3.39. The van der Waals surface area contributed by atoms with Gasteiger partial charge in [-0.25, -0.2) is 4.39 Å². The van der Waals surface area contributed by atoms with Crippen LogP contribution < -0.4 is 5.32 Å². The Morgan fingerprint density at radius 1 is 1.36 bits per heavy atom. The van der Waals surface area contributed by atoms with E-state index in [1.807, 2.05) is 0 Å². The second-order valence-corrected chi connectivity index (χ2v) is 7.09. The molecule has 0 spiro atoms. The van der Waals surface area contributed by atoms with Crippen molar-refractivity contribution in [2.75, 3.05) is 46.4 Å². The van der Waals surface area contributed by atoms with Crippen LogP contribution in [-0.4, -0.2) is 68.2 Å². The van der Waals surface area contributed by atoms with Crippen LogP contribution in [0.1, 0.15) is 12.0 Å². The fraction of sp³-hybridized carbons (Fsp3) is 0.588. The van der Waals surface area contributed by atoms with E-state index < -0.39 is 0 Å². The van der Waals surface area contributed by atoms with Crippen molar-refractivity contribution in [3.63, 3.8) is 0 Å². The van der Waals surface area contributed by atoms with Crippen LogP contribution in [0.2, 0.25) is 0 Å². The lowest BCUT2D eigenvalue weighted by atomic mass is 10.2. The van der Waals surface area contributed by atoms with Gasteiger partial charge < -0.3 is 15.0 Å². The minimum absolute atomic E-state index is 0. The van der Waals surface area contributed by atoms with E-state index in [4.69, 9.17) is 4.74 Å². The third kappa shape index (κ3) is 5.51. The van der Waals surface area contributed by atoms with Gasteiger partial charge in [0.15, 0.2) is 5.96 Å². The van der Waals surface area contributed by atoms with Crippen molar-refractivity contribution in [1.29, 1.82) is 0 Å². The van der Waals surface area contributed by atoms with Crippen LogP contribution in [0.15, 0.2) is 27.7 Å². The van der Waals surface area contributed by atoms with E-state index in [1.165, 1.54) is 6.07 Å². The number of aliphatic imine (C=N–C) groups is 1. The quantitative estimate of drug-likeness (QED) is 0.373. The molecule has 2 fully saturated rings. The van der Waals surface area contributed by atoms with Crippen LogP contribution in [-0.2, 0) is 11.3 Å². The van der Waals surface area contributed by atoms with Crippen molar-refractivity contribution >= 4 is 45.9 Å². The minimum Gasteiger partial charge on any atom is -0.379 e. The number of guanidine groups is 1. The van der Waals surface area contributed by atoms with Gasteiger partial charge in [-0.15, -0.1) is 24.0 Å². The topological polar surface area (TPSA) is 40.1 Å². The summed E-state index contributed by atoms with van der Waals surface area (Å²) in [5.74, 6) is 0.638. The average molecular weight is 527 g/mol. The molecule has 5 nitrogen and oxygen atoms in total. The zero-order chi connectivity index (χ0) is 16.9. The van der Waals surface area contributed by atoms with E-state index in [9.17, 15) is 4.39 Å². The molecule has 0 radical (unpaired) electrons. The van der Waals surface area contributed by atoms with E-state index >= 15 is 0 Å². The van der Waals surface area contributed by atoms with Gasteiger partial charge in [0.2, 0.25) is 0 Å². The molecule has 1 atom stereocenters. The van der Waals surface area contributed by atoms with Gasteiger partial charge in [0, 0.05) is 55.8 Å². The molecule has 1 unspecified atom stereocenters. The van der Waals surface area contributed by atoms with Gasteiger partial charge in [-0.2, -0.15) is 0 Å². The monoisotopic (exact) mass is 526 g/mol. The Morgan fingerprint density at radius 3 is 2.84 bits per heavy atom. The van der Waals surface area contributed by atoms with Crippen molar-refractivity contribution < 1.29 is 9.13 Å². The number of halogens is 3. The first-order valence-corrected chi connectivity index (χ1v) is 9.18. The largest absolute Gasteiger partial charge is 0.379 e. The van der Waals surface area contributed by atoms with Crippen LogP contribution in [0, 0.1) is 5.82 Å². The number of morpholine rings is 1. The summed E-state index contributed by atoms with van der Waals surface area (Å²) in [5.41, 5.74) is 0.634. The highest BCUT2D eigenvalue weighted by atomic mass is 127. The van der Waals surface area contributed by atoms with Gasteiger partial charge in [-0.05, 0) is 24.6 Å². The van der Waals surface area contributed by atoms with Crippen LogP contribution >= 0.6 is 39.9 Å². The minimum atomic E-state index is -0.200. The number of hydrogen-bond donors (Lipinski definition) is 1. The molecule has 2 aliphatic heterocycles. The lowest BCUT2D eigenvalue weighted by molar-refractivity contribution is 0.0195. The Bertz CT molecular complexity index is 598. The maximum atomic E-state index is 13.9. The number of nitrogens with one attached hydrogen (secondary N) is 1. The third-order valence-corrected chi connectivity index (χ3v) is 5.17. The maximum Gasteiger partial charge on any atom is 0.193 e. The Balaban J connectivity index is 0.00000225. The molecule has 0 amide bonds. The maximum absolute atomic E-state index is 13.9. The molecule has 0 aliphatic carbocycles. The fourth-order valence-corrected chi connectivity index (χ4v) is 3.77. The molecular weight excluding hydrogens is 502 g/mol. The predicted molar refractivity (Wildman–Crippen MR) is 112 cm³/mol. The highest BCUT2D eigenvalue weighted by Gasteiger charge is 2.30. The van der Waals surface area contributed by atoms with E-state index in [0.29, 0.717) is 18.2 Å². The summed E-state index contributed by atoms with van der Waals surface area (Å²) in [6, 6.07) is 5.54. The van der Waals surface area contributed by atoms with Crippen molar-refractivity contribution in [1.82, 2.24) is 15.1 Å². The number of rotatable bonds is 3. The SMILES string of the molecule is CN=C(NCc1cc(Br)ccc1F)N1CCC(N2CCOCC2)C1.I. The summed E-state index contributed by atoms with van der Waals surface area (Å²) < 4.78 is 20.2. The highest BCUT2D eigenvalue weighted by Crippen LogP contribution is 2.18. The molecule has 25 heavy (non-hydrogen) atoms. The molecule has 1 N–H and O–H groups in total. The normalized spacial score (nSPS) is 22.0. The summed E-state index contributed by atoms with van der Waals surface area (Å²) in [6.45, 7) is 6.03. The summed E-state index contributed by atoms with van der Waals surface area (Å²) in [6.07, 6.45) is 1.13. The number of benzene rings is 1. The molecule has 2 aliphatic rings. The zero-order valence-corrected chi connectivity index (χ0v) is 18.3. The van der Waals surface area contributed by atoms with E-state index in [0.717, 1.165) is 56.2 Å². The molecule has 0 aromatic heterocycles. The molecule has 1 aromatic rings.